The van der Waals surface area contributed by atoms with Gasteiger partial charge in [-0.25, -0.2) is 4.79 Å². The predicted octanol–water partition coefficient (Wildman–Crippen LogP) is 4.92. The quantitative estimate of drug-likeness (QED) is 0.844. The van der Waals surface area contributed by atoms with Crippen molar-refractivity contribution in [2.24, 2.45) is 0 Å². The van der Waals surface area contributed by atoms with Crippen LogP contribution in [-0.2, 0) is 0 Å². The monoisotopic (exact) mass is 318 g/mol. The van der Waals surface area contributed by atoms with E-state index in [9.17, 15) is 4.79 Å². The van der Waals surface area contributed by atoms with Gasteiger partial charge in [0.15, 0.2) is 0 Å². The topological polar surface area (TPSA) is 50.4 Å². The van der Waals surface area contributed by atoms with E-state index < -0.39 is 0 Å². The van der Waals surface area contributed by atoms with Gasteiger partial charge in [-0.05, 0) is 55.7 Å². The molecule has 0 saturated carbocycles. The number of anilines is 2. The van der Waals surface area contributed by atoms with Crippen molar-refractivity contribution in [2.75, 3.05) is 17.7 Å². The maximum Gasteiger partial charge on any atom is 0.323 e. The second kappa shape index (κ2) is 6.71. The lowest BCUT2D eigenvalue weighted by Gasteiger charge is -2.14. The van der Waals surface area contributed by atoms with Crippen molar-refractivity contribution in [3.05, 3.63) is 52.0 Å². The summed E-state index contributed by atoms with van der Waals surface area (Å²) < 4.78 is 5.25. The summed E-state index contributed by atoms with van der Waals surface area (Å²) in [5.74, 6) is 0.604. The second-order valence-electron chi connectivity index (χ2n) is 5.22. The van der Waals surface area contributed by atoms with Crippen molar-refractivity contribution in [3.63, 3.8) is 0 Å². The van der Waals surface area contributed by atoms with Crippen LogP contribution in [0.3, 0.4) is 0 Å². The molecule has 2 amide bonds. The Bertz CT molecular complexity index is 691. The number of carbonyl (C=O) groups is 1. The minimum Gasteiger partial charge on any atom is -0.495 e. The summed E-state index contributed by atoms with van der Waals surface area (Å²) in [6.45, 7) is 5.81. The number of carbonyl (C=O) groups excluding carboxylic acids is 1. The van der Waals surface area contributed by atoms with Crippen LogP contribution in [0, 0.1) is 20.8 Å². The molecule has 2 rings (SSSR count). The minimum absolute atomic E-state index is 0.363. The number of ether oxygens (including phenoxy) is 1. The van der Waals surface area contributed by atoms with Crippen LogP contribution in [0.25, 0.3) is 0 Å². The molecular formula is C17H19ClN2O2. The molecule has 0 aromatic heterocycles. The number of hydrogen-bond donors (Lipinski definition) is 2. The summed E-state index contributed by atoms with van der Waals surface area (Å²) >= 11 is 6.20. The molecule has 0 spiro atoms. The summed E-state index contributed by atoms with van der Waals surface area (Å²) in [4.78, 5) is 12.2. The maximum atomic E-state index is 12.2. The van der Waals surface area contributed by atoms with Gasteiger partial charge in [0.05, 0.1) is 23.5 Å². The highest BCUT2D eigenvalue weighted by atomic mass is 35.5. The lowest BCUT2D eigenvalue weighted by Crippen LogP contribution is -2.20. The molecule has 2 aromatic carbocycles. The molecular weight excluding hydrogens is 300 g/mol. The van der Waals surface area contributed by atoms with Crippen LogP contribution in [-0.4, -0.2) is 13.1 Å². The van der Waals surface area contributed by atoms with E-state index >= 15 is 0 Å². The smallest absolute Gasteiger partial charge is 0.323 e. The normalized spacial score (nSPS) is 10.2. The molecule has 0 unspecified atom stereocenters. The molecule has 0 saturated heterocycles. The molecule has 116 valence electrons. The molecule has 0 radical (unpaired) electrons. The molecule has 5 heteroatoms. The fourth-order valence-electron chi connectivity index (χ4n) is 2.26. The SMILES string of the molecule is COc1ccc(C)cc1NC(=O)Nc1c(C)cc(C)cc1Cl. The lowest BCUT2D eigenvalue weighted by molar-refractivity contribution is 0.262. The van der Waals surface area contributed by atoms with Crippen LogP contribution in [0.4, 0.5) is 16.2 Å². The highest BCUT2D eigenvalue weighted by molar-refractivity contribution is 6.34. The third-order valence-electron chi connectivity index (χ3n) is 3.27. The largest absolute Gasteiger partial charge is 0.495 e. The van der Waals surface area contributed by atoms with Crippen molar-refractivity contribution in [3.8, 4) is 5.75 Å². The molecule has 0 aliphatic heterocycles. The van der Waals surface area contributed by atoms with Gasteiger partial charge in [-0.2, -0.15) is 0 Å². The summed E-state index contributed by atoms with van der Waals surface area (Å²) in [7, 11) is 1.56. The van der Waals surface area contributed by atoms with E-state index in [1.807, 2.05) is 51.1 Å². The molecule has 0 bridgehead atoms. The highest BCUT2D eigenvalue weighted by Gasteiger charge is 2.11. The van der Waals surface area contributed by atoms with E-state index in [1.165, 1.54) is 0 Å². The molecule has 0 heterocycles. The summed E-state index contributed by atoms with van der Waals surface area (Å²) in [6.07, 6.45) is 0. The second-order valence-corrected chi connectivity index (χ2v) is 5.63. The Kier molecular flexibility index (Phi) is 4.93. The average Bonchev–Trinajstić information content (AvgIpc) is 2.43. The standard InChI is InChI=1S/C17H19ClN2O2/c1-10-5-6-15(22-4)14(9-10)19-17(21)20-16-12(3)7-11(2)8-13(16)18/h5-9H,1-4H3,(H2,19,20,21). The minimum atomic E-state index is -0.363. The number of hydrogen-bond acceptors (Lipinski definition) is 2. The molecule has 0 aliphatic rings. The number of nitrogens with one attached hydrogen (secondary N) is 2. The number of halogens is 1. The van der Waals surface area contributed by atoms with Crippen molar-refractivity contribution in [1.29, 1.82) is 0 Å². The van der Waals surface area contributed by atoms with E-state index in [0.717, 1.165) is 16.7 Å². The Morgan fingerprint density at radius 3 is 2.41 bits per heavy atom. The first kappa shape index (κ1) is 16.2. The van der Waals surface area contributed by atoms with Crippen molar-refractivity contribution in [1.82, 2.24) is 0 Å². The number of amides is 2. The maximum absolute atomic E-state index is 12.2. The number of aryl methyl sites for hydroxylation is 3. The molecule has 0 atom stereocenters. The van der Waals surface area contributed by atoms with Crippen LogP contribution in [0.15, 0.2) is 30.3 Å². The Labute approximate surface area is 135 Å². The Morgan fingerprint density at radius 1 is 1.05 bits per heavy atom. The van der Waals surface area contributed by atoms with Crippen LogP contribution in [0.5, 0.6) is 5.75 Å². The first-order valence-electron chi connectivity index (χ1n) is 6.90. The van der Waals surface area contributed by atoms with E-state index in [-0.39, 0.29) is 6.03 Å². The fraction of sp³-hybridized carbons (Fsp3) is 0.235. The molecule has 2 N–H and O–H groups in total. The number of methoxy groups -OCH3 is 1. The third kappa shape index (κ3) is 3.71. The van der Waals surface area contributed by atoms with Gasteiger partial charge in [0.2, 0.25) is 0 Å². The van der Waals surface area contributed by atoms with E-state index in [2.05, 4.69) is 10.6 Å². The van der Waals surface area contributed by atoms with Gasteiger partial charge in [0.1, 0.15) is 5.75 Å². The molecule has 2 aromatic rings. The molecule has 0 fully saturated rings. The number of benzene rings is 2. The van der Waals surface area contributed by atoms with Gasteiger partial charge in [-0.3, -0.25) is 0 Å². The van der Waals surface area contributed by atoms with Crippen molar-refractivity contribution >= 4 is 29.0 Å². The van der Waals surface area contributed by atoms with Crippen LogP contribution < -0.4 is 15.4 Å². The third-order valence-corrected chi connectivity index (χ3v) is 3.57. The van der Waals surface area contributed by atoms with Crippen molar-refractivity contribution < 1.29 is 9.53 Å². The number of urea groups is 1. The van der Waals surface area contributed by atoms with Crippen molar-refractivity contribution in [2.45, 2.75) is 20.8 Å². The molecule has 4 nitrogen and oxygen atoms in total. The zero-order valence-corrected chi connectivity index (χ0v) is 13.8. The average molecular weight is 319 g/mol. The van der Waals surface area contributed by atoms with Gasteiger partial charge >= 0.3 is 6.03 Å². The van der Waals surface area contributed by atoms with Gasteiger partial charge < -0.3 is 15.4 Å². The lowest BCUT2D eigenvalue weighted by atomic mass is 10.1. The van der Waals surface area contributed by atoms with Gasteiger partial charge in [-0.1, -0.05) is 23.7 Å². The van der Waals surface area contributed by atoms with Crippen LogP contribution in [0.1, 0.15) is 16.7 Å². The van der Waals surface area contributed by atoms with E-state index in [1.54, 1.807) is 7.11 Å². The van der Waals surface area contributed by atoms with Gasteiger partial charge in [0.25, 0.3) is 0 Å². The predicted molar refractivity (Wildman–Crippen MR) is 91.3 cm³/mol. The first-order valence-corrected chi connectivity index (χ1v) is 7.28. The Balaban J connectivity index is 2.19. The molecule has 22 heavy (non-hydrogen) atoms. The zero-order valence-electron chi connectivity index (χ0n) is 13.1. The molecule has 0 aliphatic carbocycles. The highest BCUT2D eigenvalue weighted by Crippen LogP contribution is 2.29. The van der Waals surface area contributed by atoms with Gasteiger partial charge in [0, 0.05) is 0 Å². The Hall–Kier alpha value is -2.20. The first-order chi connectivity index (χ1) is 10.4. The van der Waals surface area contributed by atoms with E-state index in [0.29, 0.717) is 22.1 Å². The number of rotatable bonds is 3. The Morgan fingerprint density at radius 2 is 1.77 bits per heavy atom. The van der Waals surface area contributed by atoms with Crippen LogP contribution in [0.2, 0.25) is 5.02 Å². The zero-order chi connectivity index (χ0) is 16.3. The van der Waals surface area contributed by atoms with Crippen LogP contribution >= 0.6 is 11.6 Å². The summed E-state index contributed by atoms with van der Waals surface area (Å²) in [5, 5.41) is 6.09. The summed E-state index contributed by atoms with van der Waals surface area (Å²) in [5.41, 5.74) is 4.21. The fourth-order valence-corrected chi connectivity index (χ4v) is 2.63. The van der Waals surface area contributed by atoms with Gasteiger partial charge in [-0.15, -0.1) is 0 Å². The summed E-state index contributed by atoms with van der Waals surface area (Å²) in [6, 6.07) is 9.00. The van der Waals surface area contributed by atoms with E-state index in [4.69, 9.17) is 16.3 Å².